The summed E-state index contributed by atoms with van der Waals surface area (Å²) in [7, 11) is 0. The number of aromatic nitrogens is 2. The molecule has 1 aromatic carbocycles. The zero-order chi connectivity index (χ0) is 20.9. The molecule has 158 valence electrons. The first-order valence-electron chi connectivity index (χ1n) is 10.3. The van der Waals surface area contributed by atoms with Crippen molar-refractivity contribution < 1.29 is 13.8 Å². The van der Waals surface area contributed by atoms with Gasteiger partial charge in [-0.25, -0.2) is 0 Å². The number of carbonyl (C=O) groups is 1. The molecule has 0 spiro atoms. The standard InChI is InChI=1S/C22H24FN3O2S2/c1-14-9-21(4-2-5-22(28,10-14)12-21)25-20(27)17-7-15(19-11-24-13-29-19)8-18-16(17)3-6-26(18)30-23/h3,6-8,11,13-14,28H,2,4-5,9-10,12H2,1H3,(H,25,27). The fourth-order valence-electron chi connectivity index (χ4n) is 5.73. The highest BCUT2D eigenvalue weighted by molar-refractivity contribution is 7.92. The first-order chi connectivity index (χ1) is 14.4. The van der Waals surface area contributed by atoms with Gasteiger partial charge in [-0.2, -0.15) is 0 Å². The Morgan fingerprint density at radius 2 is 2.27 bits per heavy atom. The Balaban J connectivity index is 1.55. The number of nitrogens with zero attached hydrogens (tertiary/aromatic N) is 2. The van der Waals surface area contributed by atoms with Crippen molar-refractivity contribution in [1.29, 1.82) is 0 Å². The summed E-state index contributed by atoms with van der Waals surface area (Å²) in [4.78, 5) is 18.6. The van der Waals surface area contributed by atoms with Gasteiger partial charge in [-0.3, -0.25) is 13.8 Å². The molecule has 5 rings (SSSR count). The summed E-state index contributed by atoms with van der Waals surface area (Å²) in [6.45, 7) is 2.15. The molecule has 30 heavy (non-hydrogen) atoms. The van der Waals surface area contributed by atoms with E-state index < -0.39 is 5.60 Å². The van der Waals surface area contributed by atoms with Crippen LogP contribution in [-0.4, -0.2) is 31.1 Å². The van der Waals surface area contributed by atoms with Crippen LogP contribution in [0.25, 0.3) is 21.3 Å². The molecule has 2 aliphatic carbocycles. The summed E-state index contributed by atoms with van der Waals surface area (Å²) < 4.78 is 14.9. The molecular weight excluding hydrogens is 421 g/mol. The lowest BCUT2D eigenvalue weighted by Crippen LogP contribution is -2.60. The van der Waals surface area contributed by atoms with Crippen molar-refractivity contribution in [2.24, 2.45) is 5.92 Å². The number of fused-ring (bicyclic) bond motifs is 3. The molecule has 2 heterocycles. The molecule has 5 nitrogen and oxygen atoms in total. The van der Waals surface area contributed by atoms with Crippen LogP contribution in [0.1, 0.15) is 55.8 Å². The highest BCUT2D eigenvalue weighted by Gasteiger charge is 2.50. The lowest BCUT2D eigenvalue weighted by Gasteiger charge is -2.52. The third-order valence-corrected chi connectivity index (χ3v) is 7.91. The van der Waals surface area contributed by atoms with Crippen LogP contribution >= 0.6 is 23.7 Å². The monoisotopic (exact) mass is 445 g/mol. The number of rotatable bonds is 4. The molecule has 2 aliphatic rings. The van der Waals surface area contributed by atoms with Gasteiger partial charge in [-0.15, -0.1) is 15.2 Å². The van der Waals surface area contributed by atoms with Crippen molar-refractivity contribution in [1.82, 2.24) is 14.3 Å². The second-order valence-corrected chi connectivity index (χ2v) is 10.5. The maximum Gasteiger partial charge on any atom is 0.252 e. The average molecular weight is 446 g/mol. The van der Waals surface area contributed by atoms with Gasteiger partial charge in [0.1, 0.15) is 0 Å². The summed E-state index contributed by atoms with van der Waals surface area (Å²) in [6, 6.07) is 5.55. The van der Waals surface area contributed by atoms with Crippen molar-refractivity contribution in [3.63, 3.8) is 0 Å². The first kappa shape index (κ1) is 20.0. The van der Waals surface area contributed by atoms with Crippen LogP contribution in [0.5, 0.6) is 0 Å². The van der Waals surface area contributed by atoms with Crippen LogP contribution in [0.2, 0.25) is 0 Å². The zero-order valence-electron chi connectivity index (χ0n) is 16.7. The van der Waals surface area contributed by atoms with E-state index in [1.165, 1.54) is 15.3 Å². The van der Waals surface area contributed by atoms with Gasteiger partial charge in [0.2, 0.25) is 0 Å². The third-order valence-electron chi connectivity index (χ3n) is 6.62. The minimum absolute atomic E-state index is 0.120. The summed E-state index contributed by atoms with van der Waals surface area (Å²) in [5, 5.41) is 15.0. The summed E-state index contributed by atoms with van der Waals surface area (Å²) in [6.07, 6.45) is 8.27. The summed E-state index contributed by atoms with van der Waals surface area (Å²) >= 11 is 1.60. The SMILES string of the molecule is CC1CC2(O)CCCC(NC(=O)c3cc(-c4cncs4)cc4c3ccn4SF)(C1)C2. The fraction of sp³-hybridized carbons (Fsp3) is 0.455. The second-order valence-electron chi connectivity index (χ2n) is 9.04. The topological polar surface area (TPSA) is 67.2 Å². The smallest absolute Gasteiger partial charge is 0.252 e. The number of hydrogen-bond acceptors (Lipinski definition) is 5. The summed E-state index contributed by atoms with van der Waals surface area (Å²) in [5.74, 6) is 0.197. The highest BCUT2D eigenvalue weighted by Crippen LogP contribution is 2.48. The van der Waals surface area contributed by atoms with Crippen LogP contribution in [0.4, 0.5) is 3.89 Å². The quantitative estimate of drug-likeness (QED) is 0.568. The molecule has 3 aromatic rings. The van der Waals surface area contributed by atoms with Gasteiger partial charge >= 0.3 is 0 Å². The van der Waals surface area contributed by atoms with Gasteiger partial charge in [0.05, 0.1) is 21.5 Å². The van der Waals surface area contributed by atoms with Crippen LogP contribution in [-0.2, 0) is 0 Å². The molecule has 2 fully saturated rings. The van der Waals surface area contributed by atoms with E-state index in [9.17, 15) is 13.8 Å². The van der Waals surface area contributed by atoms with E-state index in [-0.39, 0.29) is 23.8 Å². The first-order valence-corrected chi connectivity index (χ1v) is 11.8. The molecule has 1 amide bonds. The van der Waals surface area contributed by atoms with Gasteiger partial charge in [-0.1, -0.05) is 6.92 Å². The number of hydrogen-bond donors (Lipinski definition) is 2. The molecule has 3 atom stereocenters. The van der Waals surface area contributed by atoms with E-state index in [4.69, 9.17) is 0 Å². The van der Waals surface area contributed by atoms with E-state index in [0.29, 0.717) is 23.4 Å². The number of thiazole rings is 1. The van der Waals surface area contributed by atoms with Gasteiger partial charge in [0.15, 0.2) is 12.3 Å². The van der Waals surface area contributed by atoms with Crippen LogP contribution in [0.3, 0.4) is 0 Å². The molecule has 0 aliphatic heterocycles. The largest absolute Gasteiger partial charge is 0.390 e. The maximum absolute atomic E-state index is 13.5. The van der Waals surface area contributed by atoms with Crippen molar-refractivity contribution >= 4 is 40.5 Å². The molecule has 0 radical (unpaired) electrons. The molecule has 3 unspecified atom stereocenters. The number of benzene rings is 1. The maximum atomic E-state index is 13.5. The Hall–Kier alpha value is -1.90. The van der Waals surface area contributed by atoms with Gasteiger partial charge in [0, 0.05) is 28.9 Å². The predicted octanol–water partition coefficient (Wildman–Crippen LogP) is 5.35. The lowest BCUT2D eigenvalue weighted by atomic mass is 9.61. The Morgan fingerprint density at radius 3 is 3.03 bits per heavy atom. The number of aliphatic hydroxyl groups is 1. The fourth-order valence-corrected chi connectivity index (χ4v) is 6.67. The lowest BCUT2D eigenvalue weighted by molar-refractivity contribution is -0.0804. The second kappa shape index (κ2) is 7.35. The molecule has 0 saturated heterocycles. The van der Waals surface area contributed by atoms with Crippen molar-refractivity contribution in [3.05, 3.63) is 41.7 Å². The normalized spacial score (nSPS) is 28.6. The average Bonchev–Trinajstić information content (AvgIpc) is 3.35. The molecule has 2 saturated carbocycles. The Kier molecular flexibility index (Phi) is 4.91. The number of nitrogens with one attached hydrogen (secondary N) is 1. The van der Waals surface area contributed by atoms with E-state index in [1.54, 1.807) is 24.0 Å². The van der Waals surface area contributed by atoms with Crippen LogP contribution < -0.4 is 5.32 Å². The zero-order valence-corrected chi connectivity index (χ0v) is 18.4. The van der Waals surface area contributed by atoms with E-state index in [2.05, 4.69) is 17.2 Å². The van der Waals surface area contributed by atoms with E-state index in [1.807, 2.05) is 12.1 Å². The van der Waals surface area contributed by atoms with Crippen molar-refractivity contribution in [2.45, 2.75) is 56.6 Å². The van der Waals surface area contributed by atoms with Crippen LogP contribution in [0.15, 0.2) is 36.1 Å². The van der Waals surface area contributed by atoms with E-state index >= 15 is 0 Å². The molecule has 2 bridgehead atoms. The summed E-state index contributed by atoms with van der Waals surface area (Å²) in [5.41, 5.74) is 2.72. The van der Waals surface area contributed by atoms with Gasteiger partial charge < -0.3 is 10.4 Å². The predicted molar refractivity (Wildman–Crippen MR) is 119 cm³/mol. The van der Waals surface area contributed by atoms with Crippen molar-refractivity contribution in [2.75, 3.05) is 0 Å². The van der Waals surface area contributed by atoms with Gasteiger partial charge in [0.25, 0.3) is 5.91 Å². The minimum Gasteiger partial charge on any atom is -0.390 e. The number of carbonyl (C=O) groups excluding carboxylic acids is 1. The number of amides is 1. The van der Waals surface area contributed by atoms with Crippen molar-refractivity contribution in [3.8, 4) is 10.4 Å². The molecular formula is C22H24FN3O2S2. The van der Waals surface area contributed by atoms with Gasteiger partial charge in [-0.05, 0) is 68.2 Å². The van der Waals surface area contributed by atoms with Crippen LogP contribution in [0, 0.1) is 5.92 Å². The Morgan fingerprint density at radius 1 is 1.40 bits per heavy atom. The molecule has 2 aromatic heterocycles. The highest BCUT2D eigenvalue weighted by atomic mass is 32.2. The van der Waals surface area contributed by atoms with E-state index in [0.717, 1.165) is 47.9 Å². The third kappa shape index (κ3) is 3.44. The Labute approximate surface area is 183 Å². The minimum atomic E-state index is -0.683. The molecule has 2 N–H and O–H groups in total. The number of halogens is 1. The molecule has 8 heteroatoms. The Bertz CT molecular complexity index is 1100.